The van der Waals surface area contributed by atoms with Crippen molar-refractivity contribution >= 4 is 21.9 Å². The van der Waals surface area contributed by atoms with Crippen molar-refractivity contribution in [3.63, 3.8) is 0 Å². The van der Waals surface area contributed by atoms with Gasteiger partial charge in [0, 0.05) is 5.56 Å². The first-order valence-electron chi connectivity index (χ1n) is 13.3. The van der Waals surface area contributed by atoms with Crippen molar-refractivity contribution in [3.05, 3.63) is 71.1 Å². The van der Waals surface area contributed by atoms with Crippen LogP contribution in [0.3, 0.4) is 0 Å². The van der Waals surface area contributed by atoms with Crippen LogP contribution in [-0.4, -0.2) is 59.4 Å². The summed E-state index contributed by atoms with van der Waals surface area (Å²) in [6.45, 7) is 4.48. The molecule has 2 heterocycles. The molecule has 1 atom stereocenters. The van der Waals surface area contributed by atoms with E-state index in [1.807, 2.05) is 11.6 Å². The summed E-state index contributed by atoms with van der Waals surface area (Å²) < 4.78 is 74.2. The average Bonchev–Trinajstić information content (AvgIpc) is 3.64. The number of alkyl halides is 3. The monoisotopic (exact) mass is 638 g/mol. The lowest BCUT2D eigenvalue weighted by Gasteiger charge is -2.19. The van der Waals surface area contributed by atoms with E-state index in [0.29, 0.717) is 12.0 Å². The molecule has 0 unspecified atom stereocenters. The number of carbonyl (C=O) groups is 2. The SMILES string of the molecule is Cc1ccc(-c2cc(C(F)(F)F)nn2-c2ccc(S(=O)(=O)NC(=O)[C@@H]3CCCN3/[N+]([O-])=N/OCOC(=O)C(C)C)cc2)cc1. The highest BCUT2D eigenvalue weighted by Crippen LogP contribution is 2.33. The van der Waals surface area contributed by atoms with Crippen molar-refractivity contribution in [2.45, 2.75) is 50.7 Å². The number of hydrogen-bond donors (Lipinski definition) is 1. The van der Waals surface area contributed by atoms with Crippen LogP contribution in [0.5, 0.6) is 0 Å². The normalized spacial score (nSPS) is 15.8. The van der Waals surface area contributed by atoms with E-state index in [1.54, 1.807) is 38.1 Å². The van der Waals surface area contributed by atoms with E-state index >= 15 is 0 Å². The van der Waals surface area contributed by atoms with E-state index in [-0.39, 0.29) is 34.2 Å². The Morgan fingerprint density at radius 1 is 1.16 bits per heavy atom. The number of hydrazine groups is 1. The molecule has 1 N–H and O–H groups in total. The molecule has 2 aromatic carbocycles. The number of nitrogens with zero attached hydrogens (tertiary/aromatic N) is 5. The highest BCUT2D eigenvalue weighted by Gasteiger charge is 2.39. The van der Waals surface area contributed by atoms with Crippen LogP contribution < -0.4 is 4.72 Å². The van der Waals surface area contributed by atoms with Gasteiger partial charge in [-0.2, -0.15) is 18.3 Å². The molecule has 1 fully saturated rings. The van der Waals surface area contributed by atoms with Gasteiger partial charge in [-0.1, -0.05) is 43.7 Å². The minimum Gasteiger partial charge on any atom is -0.569 e. The van der Waals surface area contributed by atoms with Crippen LogP contribution in [-0.2, 0) is 35.4 Å². The summed E-state index contributed by atoms with van der Waals surface area (Å²) in [4.78, 5) is 28.6. The van der Waals surface area contributed by atoms with E-state index in [4.69, 9.17) is 4.74 Å². The lowest BCUT2D eigenvalue weighted by Crippen LogP contribution is -2.47. The quantitative estimate of drug-likeness (QED) is 0.0862. The molecule has 0 bridgehead atoms. The van der Waals surface area contributed by atoms with Gasteiger partial charge in [-0.3, -0.25) is 9.59 Å². The van der Waals surface area contributed by atoms with Crippen molar-refractivity contribution in [2.24, 2.45) is 11.2 Å². The number of rotatable bonds is 10. The molecule has 0 saturated carbocycles. The first-order valence-corrected chi connectivity index (χ1v) is 14.8. The molecule has 1 aromatic heterocycles. The number of aryl methyl sites for hydroxylation is 1. The lowest BCUT2D eigenvalue weighted by molar-refractivity contribution is -0.712. The second-order valence-electron chi connectivity index (χ2n) is 10.2. The summed E-state index contributed by atoms with van der Waals surface area (Å²) >= 11 is 0. The molecule has 17 heteroatoms. The fourth-order valence-corrected chi connectivity index (χ4v) is 5.28. The molecule has 1 amide bonds. The molecule has 0 radical (unpaired) electrons. The van der Waals surface area contributed by atoms with E-state index in [1.165, 1.54) is 12.1 Å². The second-order valence-corrected chi connectivity index (χ2v) is 11.9. The molecule has 4 rings (SSSR count). The Morgan fingerprint density at radius 2 is 1.82 bits per heavy atom. The number of carbonyl (C=O) groups excluding carboxylic acids is 2. The number of hydrogen-bond acceptors (Lipinski definition) is 9. The van der Waals surface area contributed by atoms with Crippen molar-refractivity contribution in [3.8, 4) is 16.9 Å². The number of halogens is 3. The van der Waals surface area contributed by atoms with E-state index in [0.717, 1.165) is 33.5 Å². The minimum absolute atomic E-state index is 0.0210. The van der Waals surface area contributed by atoms with Gasteiger partial charge in [0.25, 0.3) is 22.7 Å². The molecule has 1 saturated heterocycles. The van der Waals surface area contributed by atoms with Crippen LogP contribution in [0.1, 0.15) is 37.9 Å². The fourth-order valence-electron chi connectivity index (χ4n) is 4.27. The first-order chi connectivity index (χ1) is 20.7. The number of amides is 1. The average molecular weight is 639 g/mol. The van der Waals surface area contributed by atoms with Crippen LogP contribution in [0.25, 0.3) is 16.9 Å². The molecular weight excluding hydrogens is 609 g/mol. The molecule has 1 aliphatic rings. The zero-order valence-electron chi connectivity index (χ0n) is 23.8. The summed E-state index contributed by atoms with van der Waals surface area (Å²) in [6.07, 6.45) is -4.21. The maximum Gasteiger partial charge on any atom is 0.435 e. The van der Waals surface area contributed by atoms with Gasteiger partial charge in [0.05, 0.1) is 33.7 Å². The van der Waals surface area contributed by atoms with Crippen LogP contribution >= 0.6 is 0 Å². The Morgan fingerprint density at radius 3 is 2.43 bits per heavy atom. The number of benzene rings is 2. The topological polar surface area (TPSA) is 158 Å². The fraction of sp³-hybridized carbons (Fsp3) is 0.370. The van der Waals surface area contributed by atoms with Gasteiger partial charge in [-0.25, -0.2) is 17.8 Å². The van der Waals surface area contributed by atoms with Crippen molar-refractivity contribution < 1.29 is 45.7 Å². The Hall–Kier alpha value is -4.67. The summed E-state index contributed by atoms with van der Waals surface area (Å²) in [5.74, 6) is -2.00. The highest BCUT2D eigenvalue weighted by molar-refractivity contribution is 7.90. The standard InChI is InChI=1S/C27H29F3N6O7S/c1-17(2)26(38)42-16-43-33-36(39)34-14-4-5-22(34)25(37)32-44(40,41)21-12-10-20(11-13-21)35-23(15-24(31-35)27(28,29)30)19-8-6-18(3)7-9-19/h6-13,15,17,22H,4-5,14,16H2,1-3H3,(H,32,37)/b36-33-/t22-/m0/s1. The van der Waals surface area contributed by atoms with Crippen LogP contribution in [0, 0.1) is 18.0 Å². The predicted octanol–water partition coefficient (Wildman–Crippen LogP) is 4.10. The van der Waals surface area contributed by atoms with Gasteiger partial charge in [-0.15, -0.1) is 5.01 Å². The zero-order chi connectivity index (χ0) is 32.2. The van der Waals surface area contributed by atoms with Gasteiger partial charge in [0.1, 0.15) is 0 Å². The molecule has 3 aromatic rings. The summed E-state index contributed by atoms with van der Waals surface area (Å²) in [5, 5.41) is 20.2. The van der Waals surface area contributed by atoms with Crippen LogP contribution in [0.4, 0.5) is 13.2 Å². The maximum absolute atomic E-state index is 13.5. The van der Waals surface area contributed by atoms with Crippen molar-refractivity contribution in [1.82, 2.24) is 19.5 Å². The van der Waals surface area contributed by atoms with E-state index in [9.17, 15) is 36.4 Å². The summed E-state index contributed by atoms with van der Waals surface area (Å²) in [5.41, 5.74) is 0.524. The Labute approximate surface area is 250 Å². The van der Waals surface area contributed by atoms with Crippen molar-refractivity contribution in [2.75, 3.05) is 13.3 Å². The molecule has 13 nitrogen and oxygen atoms in total. The summed E-state index contributed by atoms with van der Waals surface area (Å²) in [6, 6.07) is 11.2. The third kappa shape index (κ3) is 7.45. The van der Waals surface area contributed by atoms with E-state index in [2.05, 4.69) is 15.2 Å². The second kappa shape index (κ2) is 12.9. The molecule has 0 aliphatic carbocycles. The number of aromatic nitrogens is 2. The largest absolute Gasteiger partial charge is 0.569 e. The number of ether oxygens (including phenoxy) is 1. The van der Waals surface area contributed by atoms with Gasteiger partial charge in [0.15, 0.2) is 11.7 Å². The van der Waals surface area contributed by atoms with Crippen LogP contribution in [0.2, 0.25) is 0 Å². The smallest absolute Gasteiger partial charge is 0.435 e. The van der Waals surface area contributed by atoms with Gasteiger partial charge in [0.2, 0.25) is 5.28 Å². The van der Waals surface area contributed by atoms with Gasteiger partial charge >= 0.3 is 12.1 Å². The molecule has 44 heavy (non-hydrogen) atoms. The third-order valence-corrected chi connectivity index (χ3v) is 7.94. The minimum atomic E-state index is -4.72. The predicted molar refractivity (Wildman–Crippen MR) is 147 cm³/mol. The first kappa shape index (κ1) is 32.2. The van der Waals surface area contributed by atoms with E-state index < -0.39 is 52.5 Å². The van der Waals surface area contributed by atoms with Crippen molar-refractivity contribution in [1.29, 1.82) is 0 Å². The van der Waals surface area contributed by atoms with Gasteiger partial charge < -0.3 is 14.8 Å². The Balaban J connectivity index is 1.49. The number of esters is 1. The number of sulfonamides is 1. The highest BCUT2D eigenvalue weighted by atomic mass is 32.2. The maximum atomic E-state index is 13.5. The molecule has 1 aliphatic heterocycles. The van der Waals surface area contributed by atoms with Gasteiger partial charge in [-0.05, 0) is 50.1 Å². The number of nitrogens with one attached hydrogen (secondary N) is 1. The zero-order valence-corrected chi connectivity index (χ0v) is 24.6. The summed E-state index contributed by atoms with van der Waals surface area (Å²) in [7, 11) is -4.44. The molecule has 0 spiro atoms. The molecular formula is C27H29F3N6O7S. The Kier molecular flexibility index (Phi) is 9.46. The third-order valence-electron chi connectivity index (χ3n) is 6.57. The lowest BCUT2D eigenvalue weighted by atomic mass is 10.1. The Bertz CT molecular complexity index is 1640. The molecule has 236 valence electrons. The van der Waals surface area contributed by atoms with Crippen LogP contribution in [0.15, 0.2) is 64.8 Å².